The molecule has 1 amide bonds. The molecule has 0 aromatic heterocycles. The minimum atomic E-state index is 0.225. The maximum atomic E-state index is 12.2. The van der Waals surface area contributed by atoms with Gasteiger partial charge in [0.05, 0.1) is 0 Å². The second kappa shape index (κ2) is 4.97. The van der Waals surface area contributed by atoms with E-state index in [1.807, 2.05) is 0 Å². The van der Waals surface area contributed by atoms with E-state index in [1.165, 1.54) is 12.8 Å². The Morgan fingerprint density at radius 1 is 1.35 bits per heavy atom. The number of hydrogen-bond donors (Lipinski definition) is 2. The topological polar surface area (TPSA) is 41.1 Å². The van der Waals surface area contributed by atoms with Crippen molar-refractivity contribution in [3.63, 3.8) is 0 Å². The lowest BCUT2D eigenvalue weighted by Crippen LogP contribution is -2.47. The molecule has 98 valence electrons. The summed E-state index contributed by atoms with van der Waals surface area (Å²) in [5.74, 6) is 0.515. The molecule has 0 spiro atoms. The Kier molecular flexibility index (Phi) is 3.76. The molecule has 17 heavy (non-hydrogen) atoms. The predicted molar refractivity (Wildman–Crippen MR) is 69.8 cm³/mol. The third kappa shape index (κ3) is 3.01. The Hall–Kier alpha value is -0.570. The summed E-state index contributed by atoms with van der Waals surface area (Å²) in [6.45, 7) is 7.69. The molecule has 1 saturated heterocycles. The van der Waals surface area contributed by atoms with Gasteiger partial charge in [0.1, 0.15) is 0 Å². The van der Waals surface area contributed by atoms with Crippen LogP contribution < -0.4 is 10.6 Å². The Morgan fingerprint density at radius 3 is 2.71 bits per heavy atom. The quantitative estimate of drug-likeness (QED) is 0.773. The normalized spacial score (nSPS) is 36.8. The molecule has 3 heteroatoms. The van der Waals surface area contributed by atoms with E-state index >= 15 is 0 Å². The lowest BCUT2D eigenvalue weighted by molar-refractivity contribution is -0.127. The highest BCUT2D eigenvalue weighted by Crippen LogP contribution is 2.37. The molecule has 2 rings (SSSR count). The van der Waals surface area contributed by atoms with Gasteiger partial charge in [0.15, 0.2) is 0 Å². The number of rotatable bonds is 2. The lowest BCUT2D eigenvalue weighted by Gasteiger charge is -2.32. The molecule has 2 N–H and O–H groups in total. The lowest BCUT2D eigenvalue weighted by atomic mass is 9.86. The van der Waals surface area contributed by atoms with Gasteiger partial charge < -0.3 is 10.6 Å². The van der Waals surface area contributed by atoms with Crippen LogP contribution in [0.25, 0.3) is 0 Å². The van der Waals surface area contributed by atoms with Crippen molar-refractivity contribution in [3.05, 3.63) is 0 Å². The van der Waals surface area contributed by atoms with Crippen LogP contribution in [0.15, 0.2) is 0 Å². The Balaban J connectivity index is 1.88. The van der Waals surface area contributed by atoms with E-state index in [-0.39, 0.29) is 11.3 Å². The van der Waals surface area contributed by atoms with Crippen LogP contribution >= 0.6 is 0 Å². The summed E-state index contributed by atoms with van der Waals surface area (Å²) in [4.78, 5) is 12.2. The summed E-state index contributed by atoms with van der Waals surface area (Å²) in [6, 6.07) is 0.872. The number of hydrogen-bond acceptors (Lipinski definition) is 2. The van der Waals surface area contributed by atoms with Gasteiger partial charge in [-0.1, -0.05) is 20.3 Å². The highest BCUT2D eigenvalue weighted by molar-refractivity contribution is 5.79. The first kappa shape index (κ1) is 12.9. The molecule has 0 radical (unpaired) electrons. The van der Waals surface area contributed by atoms with Crippen molar-refractivity contribution < 1.29 is 4.79 Å². The van der Waals surface area contributed by atoms with Crippen molar-refractivity contribution in [3.8, 4) is 0 Å². The molecular formula is C14H26N2O. The van der Waals surface area contributed by atoms with Gasteiger partial charge in [-0.15, -0.1) is 0 Å². The second-order valence-corrected chi connectivity index (χ2v) is 6.52. The average Bonchev–Trinajstić information content (AvgIpc) is 2.58. The molecule has 0 aromatic rings. The first-order valence-corrected chi connectivity index (χ1v) is 7.03. The maximum Gasteiger partial charge on any atom is 0.223 e. The minimum absolute atomic E-state index is 0.225. The predicted octanol–water partition coefficient (Wildman–Crippen LogP) is 2.07. The van der Waals surface area contributed by atoms with Gasteiger partial charge in [0, 0.05) is 18.0 Å². The molecule has 1 aliphatic carbocycles. The molecule has 2 fully saturated rings. The monoisotopic (exact) mass is 238 g/mol. The number of carbonyl (C=O) groups excluding carboxylic acids is 1. The number of carbonyl (C=O) groups is 1. The molecule has 1 aliphatic heterocycles. The van der Waals surface area contributed by atoms with Crippen LogP contribution in [0.2, 0.25) is 0 Å². The fraction of sp³-hybridized carbons (Fsp3) is 0.929. The molecule has 3 nitrogen and oxygen atoms in total. The average molecular weight is 238 g/mol. The molecule has 3 unspecified atom stereocenters. The first-order chi connectivity index (χ1) is 7.99. The summed E-state index contributed by atoms with van der Waals surface area (Å²) in [7, 11) is 0. The van der Waals surface area contributed by atoms with E-state index < -0.39 is 0 Å². The van der Waals surface area contributed by atoms with Crippen LogP contribution in [0.5, 0.6) is 0 Å². The highest BCUT2D eigenvalue weighted by atomic mass is 16.2. The summed E-state index contributed by atoms with van der Waals surface area (Å²) < 4.78 is 0. The number of piperidine rings is 1. The van der Waals surface area contributed by atoms with E-state index in [1.54, 1.807) is 0 Å². The SMILES string of the molecule is CC1CC(C(=O)NC2CCCC2(C)C)CCN1. The Bertz CT molecular complexity index is 288. The van der Waals surface area contributed by atoms with Crippen LogP contribution in [0.1, 0.15) is 52.9 Å². The van der Waals surface area contributed by atoms with E-state index in [0.717, 1.165) is 25.8 Å². The Labute approximate surface area is 105 Å². The minimum Gasteiger partial charge on any atom is -0.353 e. The van der Waals surface area contributed by atoms with E-state index in [4.69, 9.17) is 0 Å². The molecular weight excluding hydrogens is 212 g/mol. The van der Waals surface area contributed by atoms with Gasteiger partial charge in [-0.2, -0.15) is 0 Å². The second-order valence-electron chi connectivity index (χ2n) is 6.52. The van der Waals surface area contributed by atoms with Crippen LogP contribution in [0, 0.1) is 11.3 Å². The van der Waals surface area contributed by atoms with Crippen molar-refractivity contribution in [2.75, 3.05) is 6.54 Å². The van der Waals surface area contributed by atoms with Crippen LogP contribution in [-0.4, -0.2) is 24.5 Å². The molecule has 0 bridgehead atoms. The number of amides is 1. The van der Waals surface area contributed by atoms with Crippen molar-refractivity contribution >= 4 is 5.91 Å². The molecule has 1 saturated carbocycles. The van der Waals surface area contributed by atoms with Gasteiger partial charge in [-0.05, 0) is 44.6 Å². The van der Waals surface area contributed by atoms with Gasteiger partial charge >= 0.3 is 0 Å². The van der Waals surface area contributed by atoms with Crippen molar-refractivity contribution in [1.29, 1.82) is 0 Å². The zero-order valence-electron chi connectivity index (χ0n) is 11.4. The molecule has 2 aliphatic rings. The maximum absolute atomic E-state index is 12.2. The molecule has 0 aromatic carbocycles. The highest BCUT2D eigenvalue weighted by Gasteiger charge is 2.36. The van der Waals surface area contributed by atoms with Crippen molar-refractivity contribution in [1.82, 2.24) is 10.6 Å². The van der Waals surface area contributed by atoms with Gasteiger partial charge in [0.25, 0.3) is 0 Å². The van der Waals surface area contributed by atoms with Crippen molar-refractivity contribution in [2.45, 2.75) is 65.0 Å². The fourth-order valence-electron chi connectivity index (χ4n) is 3.25. The van der Waals surface area contributed by atoms with E-state index in [0.29, 0.717) is 18.0 Å². The summed E-state index contributed by atoms with van der Waals surface area (Å²) in [5.41, 5.74) is 0.286. The third-order valence-corrected chi connectivity index (χ3v) is 4.57. The summed E-state index contributed by atoms with van der Waals surface area (Å²) >= 11 is 0. The summed E-state index contributed by atoms with van der Waals surface area (Å²) in [6.07, 6.45) is 5.61. The van der Waals surface area contributed by atoms with Crippen LogP contribution in [-0.2, 0) is 4.79 Å². The first-order valence-electron chi connectivity index (χ1n) is 7.03. The number of nitrogens with one attached hydrogen (secondary N) is 2. The Morgan fingerprint density at radius 2 is 2.12 bits per heavy atom. The third-order valence-electron chi connectivity index (χ3n) is 4.57. The van der Waals surface area contributed by atoms with Gasteiger partial charge in [0.2, 0.25) is 5.91 Å². The largest absolute Gasteiger partial charge is 0.353 e. The van der Waals surface area contributed by atoms with E-state index in [9.17, 15) is 4.79 Å². The van der Waals surface area contributed by atoms with E-state index in [2.05, 4.69) is 31.4 Å². The van der Waals surface area contributed by atoms with Crippen molar-refractivity contribution in [2.24, 2.45) is 11.3 Å². The standard InChI is InChI=1S/C14H26N2O/c1-10-9-11(6-8-15-10)13(17)16-12-5-4-7-14(12,2)3/h10-12,15H,4-9H2,1-3H3,(H,16,17). The smallest absolute Gasteiger partial charge is 0.223 e. The zero-order chi connectivity index (χ0) is 12.5. The molecule has 1 heterocycles. The van der Waals surface area contributed by atoms with Gasteiger partial charge in [-0.25, -0.2) is 0 Å². The fourth-order valence-corrected chi connectivity index (χ4v) is 3.25. The summed E-state index contributed by atoms with van der Waals surface area (Å²) in [5, 5.41) is 6.69. The van der Waals surface area contributed by atoms with Gasteiger partial charge in [-0.3, -0.25) is 4.79 Å². The molecule has 3 atom stereocenters. The van der Waals surface area contributed by atoms with Crippen LogP contribution in [0.4, 0.5) is 0 Å². The van der Waals surface area contributed by atoms with Crippen LogP contribution in [0.3, 0.4) is 0 Å². The zero-order valence-corrected chi connectivity index (χ0v) is 11.4.